The van der Waals surface area contributed by atoms with Crippen LogP contribution in [0, 0.1) is 83.1 Å². The minimum Gasteiger partial charge on any atom is -0.508 e. The Morgan fingerprint density at radius 1 is 0.456 bits per heavy atom. The van der Waals surface area contributed by atoms with E-state index in [2.05, 4.69) is 153 Å². The molecule has 1 fully saturated rings. The Kier molecular flexibility index (Phi) is 31.1. The number of rotatable bonds is 22. The van der Waals surface area contributed by atoms with Crippen LogP contribution in [0.15, 0.2) is 164 Å². The Hall–Kier alpha value is -12.2. The van der Waals surface area contributed by atoms with Gasteiger partial charge < -0.3 is 25.2 Å². The molecule has 0 aliphatic carbocycles. The molecule has 136 heavy (non-hydrogen) atoms. The normalized spacial score (nSPS) is 15.9. The molecule has 4 N–H and O–H groups in total. The van der Waals surface area contributed by atoms with Gasteiger partial charge in [0.1, 0.15) is 84.8 Å². The maximum Gasteiger partial charge on any atom is 0.242 e. The minimum atomic E-state index is -0.551. The van der Waals surface area contributed by atoms with Gasteiger partial charge in [-0.2, -0.15) is 5.10 Å². The number of aromatic hydroxyl groups is 1. The Balaban J connectivity index is 0.000000138. The summed E-state index contributed by atoms with van der Waals surface area (Å²) in [5.74, 6) is 6.31. The van der Waals surface area contributed by atoms with Crippen molar-refractivity contribution in [3.63, 3.8) is 0 Å². The van der Waals surface area contributed by atoms with E-state index in [0.29, 0.717) is 62.8 Å². The highest BCUT2D eigenvalue weighted by Gasteiger charge is 2.38. The van der Waals surface area contributed by atoms with E-state index in [0.717, 1.165) is 172 Å². The molecule has 5 aromatic carbocycles. The fourth-order valence-electron chi connectivity index (χ4n) is 16.6. The van der Waals surface area contributed by atoms with Crippen molar-refractivity contribution in [3.05, 3.63) is 298 Å². The number of H-pyrrole nitrogens is 1. The van der Waals surface area contributed by atoms with E-state index in [1.54, 1.807) is 88.2 Å². The number of carbonyl (C=O) groups excluding carboxylic acids is 4. The third kappa shape index (κ3) is 21.5. The number of nitrogens with zero attached hydrogens (tertiary/aromatic N) is 21. The smallest absolute Gasteiger partial charge is 0.242 e. The lowest BCUT2D eigenvalue weighted by Gasteiger charge is -2.32. The van der Waals surface area contributed by atoms with Gasteiger partial charge in [0.2, 0.25) is 11.8 Å². The largest absolute Gasteiger partial charge is 0.508 e. The van der Waals surface area contributed by atoms with Gasteiger partial charge in [0.15, 0.2) is 29.1 Å². The SMILES string of the molecule is C.CCC(=O)C[C@@H]1N=C(c2ccc(Cl)cc2)c2c(sc(C)c2C)-n2c(C)nnc21.Cc1sc2c(c1C)C(c1ccc(Cl)cc1)=NC(CC(=O)CN=Cc1ccc(O)cc1)c1nnc(C)n1-2.Cc1sc2c(c1C)C(c1ccc(Cl)cc1)=N[C@@H](CC(=O)N/N=C/c1ncc[nH]1)c1nnc(C)n1-2.Cc1sc2c(c1C)C(c1ccc(Cl)cc1)=N[C@@H](CC(=O)NCCCN1CCN(C)CC1)c1nnc(C)n1-2. The molecule has 0 spiro atoms. The molecule has 5 aliphatic rings. The molecule has 19 rings (SSSR count). The second-order valence-electron chi connectivity index (χ2n) is 33.5. The second kappa shape index (κ2) is 43.0. The molecule has 0 saturated carbocycles. The van der Waals surface area contributed by atoms with E-state index >= 15 is 0 Å². The number of aliphatic imine (C=N–C) groups is 5. The number of hydrazone groups is 1. The Bertz CT molecular complexity index is 6960. The van der Waals surface area contributed by atoms with Gasteiger partial charge in [-0.1, -0.05) is 109 Å². The zero-order valence-electron chi connectivity index (χ0n) is 77.0. The fourth-order valence-corrected chi connectivity index (χ4v) is 21.9. The standard InChI is InChI=1S/C27H34ClN7OS.C27H24ClN5O2S.C23H21ClN8OS.C21H21ClN4OS.CH4/c1-17-18(2)37-27-24(17)25(20-6-8-21(28)9-7-20)30-22(26-32-31-19(3)35(26)27)16-23(36)29-10-5-11-34-14-12-33(4)13-15-34;1-15-16(2)36-27-24(15)25(19-6-8-20(28)9-7-19)30-23(26-32-31-17(3)33(26)27)12-22(35)14-29-13-18-4-10-21(34)11-5-18;1-12-13(2)34-23-20(12)21(15-4-6-16(24)7-5-15)28-17(22-31-29-14(3)32(22)23)10-19(33)30-27-11-18-25-8-9-26-18;1-5-16(27)10-17-20-25-24-13(4)26(20)21-18(11(2)12(3)28-21)19(23-17)14-6-8-15(22)9-7-14;/h6-9,22H,5,10-16H2,1-4H3,(H,29,36);4-11,13,23,34H,12,14H2,1-3H3;4-9,11,17H,10H2,1-3H3,(H,25,26)(H,30,33);6-9,17H,5,10H2,1-4H3;1H4/b;;27-11+;;/t22-;;2*17-;/m0.00./s1. The number of likely N-dealkylation sites (N-methyl/N-ethyl adjacent to an activating group) is 1. The first-order chi connectivity index (χ1) is 64.9. The molecule has 1 saturated heterocycles. The summed E-state index contributed by atoms with van der Waals surface area (Å²) >= 11 is 31.4. The van der Waals surface area contributed by atoms with E-state index in [-0.39, 0.29) is 68.4 Å². The predicted octanol–water partition coefficient (Wildman–Crippen LogP) is 19.4. The van der Waals surface area contributed by atoms with Crippen LogP contribution in [0.4, 0.5) is 0 Å². The van der Waals surface area contributed by atoms with Crippen LogP contribution in [0.1, 0.15) is 221 Å². The van der Waals surface area contributed by atoms with E-state index in [4.69, 9.17) is 66.4 Å². The number of aromatic amines is 1. The zero-order chi connectivity index (χ0) is 95.3. The molecule has 2 amide bonds. The number of amides is 2. The number of phenolic OH excluding ortho intramolecular Hbond substituents is 1. The Morgan fingerprint density at radius 3 is 1.15 bits per heavy atom. The van der Waals surface area contributed by atoms with Crippen molar-refractivity contribution in [2.24, 2.45) is 30.1 Å². The number of benzene rings is 5. The molecule has 0 bridgehead atoms. The van der Waals surface area contributed by atoms with Gasteiger partial charge in [-0.25, -0.2) is 10.4 Å². The van der Waals surface area contributed by atoms with Crippen LogP contribution in [0.5, 0.6) is 5.75 Å². The number of fused-ring (bicyclic) bond motifs is 12. The molecule has 37 heteroatoms. The number of halogens is 4. The molecule has 14 heterocycles. The summed E-state index contributed by atoms with van der Waals surface area (Å²) in [4.78, 5) is 92.5. The number of ketones is 2. The van der Waals surface area contributed by atoms with Crippen molar-refractivity contribution >= 4 is 150 Å². The van der Waals surface area contributed by atoms with Gasteiger partial charge in [-0.05, 0) is 204 Å². The van der Waals surface area contributed by atoms with Gasteiger partial charge in [0.25, 0.3) is 0 Å². The third-order valence-electron chi connectivity index (χ3n) is 24.3. The molecular formula is C99H104Cl4N24O5S4. The van der Waals surface area contributed by atoms with Gasteiger partial charge >= 0.3 is 0 Å². The zero-order valence-corrected chi connectivity index (χ0v) is 83.3. The molecule has 4 atom stereocenters. The maximum absolute atomic E-state index is 13.1. The monoisotopic (exact) mass is 1980 g/mol. The number of nitrogens with one attached hydrogen (secondary N) is 3. The van der Waals surface area contributed by atoms with Gasteiger partial charge in [0.05, 0.1) is 48.4 Å². The predicted molar refractivity (Wildman–Crippen MR) is 545 cm³/mol. The summed E-state index contributed by atoms with van der Waals surface area (Å²) in [6, 6.07) is 35.4. The van der Waals surface area contributed by atoms with Crippen LogP contribution in [-0.4, -0.2) is 195 Å². The summed E-state index contributed by atoms with van der Waals surface area (Å²) < 4.78 is 8.19. The molecule has 702 valence electrons. The van der Waals surface area contributed by atoms with Crippen molar-refractivity contribution in [2.45, 2.75) is 160 Å². The van der Waals surface area contributed by atoms with Crippen molar-refractivity contribution in [3.8, 4) is 25.8 Å². The molecule has 0 radical (unpaired) electrons. The van der Waals surface area contributed by atoms with Crippen LogP contribution >= 0.6 is 91.8 Å². The number of aryl methyl sites for hydroxylation is 8. The molecule has 5 aliphatic heterocycles. The highest BCUT2D eigenvalue weighted by molar-refractivity contribution is 7.16. The van der Waals surface area contributed by atoms with E-state index in [9.17, 15) is 24.3 Å². The highest BCUT2D eigenvalue weighted by Crippen LogP contribution is 2.46. The van der Waals surface area contributed by atoms with E-state index in [1.165, 1.54) is 36.9 Å². The average Bonchev–Trinajstić information content (AvgIpc) is 1.60. The van der Waals surface area contributed by atoms with Crippen molar-refractivity contribution in [2.75, 3.05) is 52.9 Å². The quantitative estimate of drug-likeness (QED) is 0.0278. The number of thiophene rings is 4. The number of aromatic nitrogens is 14. The van der Waals surface area contributed by atoms with Gasteiger partial charge in [0, 0.05) is 155 Å². The first-order valence-corrected chi connectivity index (χ1v) is 49.0. The second-order valence-corrected chi connectivity index (χ2v) is 40.1. The van der Waals surface area contributed by atoms with E-state index < -0.39 is 18.1 Å². The lowest BCUT2D eigenvalue weighted by atomic mass is 9.99. The van der Waals surface area contributed by atoms with Crippen LogP contribution in [0.25, 0.3) is 20.0 Å². The minimum absolute atomic E-state index is 0. The summed E-state index contributed by atoms with van der Waals surface area (Å²) in [7, 11) is 2.16. The molecule has 14 aromatic rings. The first-order valence-electron chi connectivity index (χ1n) is 44.2. The van der Waals surface area contributed by atoms with Crippen molar-refractivity contribution in [1.29, 1.82) is 0 Å². The van der Waals surface area contributed by atoms with Crippen molar-refractivity contribution < 1.29 is 24.3 Å². The average molecular weight is 1980 g/mol. The number of phenols is 1. The van der Waals surface area contributed by atoms with Crippen LogP contribution < -0.4 is 10.7 Å². The number of imidazole rings is 1. The Labute approximate surface area is 824 Å². The van der Waals surface area contributed by atoms with E-state index in [1.807, 2.05) is 141 Å². The lowest BCUT2D eigenvalue weighted by Crippen LogP contribution is -2.45. The summed E-state index contributed by atoms with van der Waals surface area (Å²) in [5.41, 5.74) is 19.4. The molecule has 29 nitrogen and oxygen atoms in total. The van der Waals surface area contributed by atoms with Crippen LogP contribution in [-0.2, 0) is 19.2 Å². The fraction of sp³-hybridized carbons (Fsp3) is 0.323. The molecular weight excluding hydrogens is 1880 g/mol. The van der Waals surface area contributed by atoms with Crippen LogP contribution in [0.2, 0.25) is 20.1 Å². The molecule has 1 unspecified atom stereocenters. The number of hydrogen-bond donors (Lipinski definition) is 4. The maximum atomic E-state index is 13.1. The highest BCUT2D eigenvalue weighted by atomic mass is 35.5. The van der Waals surface area contributed by atoms with Crippen molar-refractivity contribution in [1.82, 2.24) is 89.6 Å². The third-order valence-corrected chi connectivity index (χ3v) is 30.1. The summed E-state index contributed by atoms with van der Waals surface area (Å²) in [5, 5.41) is 58.4. The molecule has 9 aromatic heterocycles. The number of carbonyl (C=O) groups is 4. The number of hydrogen-bond acceptors (Lipinski definition) is 26. The lowest BCUT2D eigenvalue weighted by molar-refractivity contribution is -0.122. The summed E-state index contributed by atoms with van der Waals surface area (Å²) in [6.45, 7) is 32.5. The van der Waals surface area contributed by atoms with Gasteiger partial charge in [-0.15, -0.1) is 86.1 Å². The Morgan fingerprint density at radius 2 is 0.801 bits per heavy atom. The van der Waals surface area contributed by atoms with Gasteiger partial charge in [-0.3, -0.25) is 62.4 Å². The van der Waals surface area contributed by atoms with Crippen LogP contribution in [0.3, 0.4) is 0 Å². The first kappa shape index (κ1) is 98.4. The topological polar surface area (TPSA) is 345 Å². The summed E-state index contributed by atoms with van der Waals surface area (Å²) in [6.07, 6.45) is 8.52. The number of Topliss-reactive ketones (excluding diaryl/α,β-unsaturated/α-hetero) is 2. The number of piperazine rings is 1.